The molecule has 2 N–H and O–H groups in total. The molecule has 2 aromatic rings. The monoisotopic (exact) mass is 248 g/mol. The molecule has 0 bridgehead atoms. The molecule has 7 nitrogen and oxygen atoms in total. The first-order valence-corrected chi connectivity index (χ1v) is 5.32. The lowest BCUT2D eigenvalue weighted by Crippen LogP contribution is -2.13. The molecule has 0 saturated heterocycles. The Morgan fingerprint density at radius 3 is 2.83 bits per heavy atom. The Labute approximate surface area is 103 Å². The van der Waals surface area contributed by atoms with Gasteiger partial charge in [0.15, 0.2) is 11.5 Å². The Kier molecular flexibility index (Phi) is 3.63. The maximum absolute atomic E-state index is 10.6. The van der Waals surface area contributed by atoms with Crippen LogP contribution >= 0.6 is 0 Å². The molecule has 0 amide bonds. The molecule has 0 atom stereocenters. The summed E-state index contributed by atoms with van der Waals surface area (Å²) in [5.41, 5.74) is 1.57. The molecular formula is C11H12N4O3. The smallest absolute Gasteiger partial charge is 0.358 e. The molecule has 2 heterocycles. The third-order valence-corrected chi connectivity index (χ3v) is 2.22. The molecule has 0 aliphatic rings. The van der Waals surface area contributed by atoms with Crippen LogP contribution in [-0.2, 0) is 13.1 Å². The third-order valence-electron chi connectivity index (χ3n) is 2.22. The van der Waals surface area contributed by atoms with Crippen molar-refractivity contribution in [2.24, 2.45) is 0 Å². The number of aromatic nitrogens is 3. The van der Waals surface area contributed by atoms with Gasteiger partial charge in [-0.15, -0.1) is 0 Å². The number of carbonyl (C=O) groups is 1. The van der Waals surface area contributed by atoms with Crippen LogP contribution in [0.25, 0.3) is 0 Å². The van der Waals surface area contributed by atoms with Crippen LogP contribution < -0.4 is 5.32 Å². The number of aromatic carboxylic acids is 1. The van der Waals surface area contributed by atoms with Crippen LogP contribution in [0.1, 0.15) is 27.6 Å². The van der Waals surface area contributed by atoms with E-state index in [-0.39, 0.29) is 5.69 Å². The molecular weight excluding hydrogens is 236 g/mol. The summed E-state index contributed by atoms with van der Waals surface area (Å²) < 4.78 is 4.85. The minimum atomic E-state index is -1.10. The minimum absolute atomic E-state index is 0.0954. The van der Waals surface area contributed by atoms with Gasteiger partial charge in [0.1, 0.15) is 0 Å². The first-order valence-electron chi connectivity index (χ1n) is 5.32. The number of carboxylic acid groups (broad SMARTS) is 1. The van der Waals surface area contributed by atoms with Gasteiger partial charge in [0, 0.05) is 25.0 Å². The standard InChI is InChI=1S/C11H12N4O3/c1-7-3-14-8(5-13-7)4-12-6-9-2-10(11(16)17)15-18-9/h2-3,5,12H,4,6H2,1H3,(H,16,17). The lowest BCUT2D eigenvalue weighted by Gasteiger charge is -2.01. The molecule has 0 radical (unpaired) electrons. The highest BCUT2D eigenvalue weighted by Gasteiger charge is 2.10. The predicted molar refractivity (Wildman–Crippen MR) is 60.8 cm³/mol. The Hall–Kier alpha value is -2.28. The first kappa shape index (κ1) is 12.2. The van der Waals surface area contributed by atoms with Crippen molar-refractivity contribution in [3.05, 3.63) is 41.3 Å². The van der Waals surface area contributed by atoms with E-state index in [2.05, 4.69) is 20.4 Å². The molecule has 0 spiro atoms. The normalized spacial score (nSPS) is 10.5. The van der Waals surface area contributed by atoms with Gasteiger partial charge in [-0.1, -0.05) is 5.16 Å². The summed E-state index contributed by atoms with van der Waals surface area (Å²) in [6.45, 7) is 2.78. The molecule has 2 rings (SSSR count). The number of aryl methyl sites for hydroxylation is 1. The van der Waals surface area contributed by atoms with Crippen molar-refractivity contribution in [2.45, 2.75) is 20.0 Å². The minimum Gasteiger partial charge on any atom is -0.476 e. The lowest BCUT2D eigenvalue weighted by molar-refractivity contribution is 0.0685. The van der Waals surface area contributed by atoms with Crippen LogP contribution in [0.15, 0.2) is 23.0 Å². The quantitative estimate of drug-likeness (QED) is 0.805. The molecule has 0 unspecified atom stereocenters. The summed E-state index contributed by atoms with van der Waals surface area (Å²) in [5.74, 6) is -0.637. The number of nitrogens with one attached hydrogen (secondary N) is 1. The van der Waals surface area contributed by atoms with E-state index in [0.29, 0.717) is 18.8 Å². The molecule has 0 fully saturated rings. The van der Waals surface area contributed by atoms with E-state index in [9.17, 15) is 4.79 Å². The summed E-state index contributed by atoms with van der Waals surface area (Å²) in [6.07, 6.45) is 3.37. The first-order chi connectivity index (χ1) is 8.65. The number of hydrogen-bond acceptors (Lipinski definition) is 6. The Morgan fingerprint density at radius 1 is 1.39 bits per heavy atom. The van der Waals surface area contributed by atoms with Crippen molar-refractivity contribution in [1.82, 2.24) is 20.4 Å². The number of hydrogen-bond donors (Lipinski definition) is 2. The van der Waals surface area contributed by atoms with Crippen LogP contribution in [0.3, 0.4) is 0 Å². The van der Waals surface area contributed by atoms with Gasteiger partial charge in [-0.05, 0) is 6.92 Å². The largest absolute Gasteiger partial charge is 0.476 e. The van der Waals surface area contributed by atoms with Gasteiger partial charge in [-0.25, -0.2) is 4.79 Å². The molecule has 0 saturated carbocycles. The van der Waals surface area contributed by atoms with E-state index >= 15 is 0 Å². The van der Waals surface area contributed by atoms with Gasteiger partial charge in [0.2, 0.25) is 0 Å². The summed E-state index contributed by atoms with van der Waals surface area (Å²) in [4.78, 5) is 18.9. The van der Waals surface area contributed by atoms with Crippen LogP contribution in [0.4, 0.5) is 0 Å². The van der Waals surface area contributed by atoms with Crippen molar-refractivity contribution in [2.75, 3.05) is 0 Å². The highest BCUT2D eigenvalue weighted by Crippen LogP contribution is 2.03. The average molecular weight is 248 g/mol. The van der Waals surface area contributed by atoms with Crippen LogP contribution in [-0.4, -0.2) is 26.2 Å². The van der Waals surface area contributed by atoms with Gasteiger partial charge >= 0.3 is 5.97 Å². The van der Waals surface area contributed by atoms with E-state index in [4.69, 9.17) is 9.63 Å². The molecule has 18 heavy (non-hydrogen) atoms. The van der Waals surface area contributed by atoms with Crippen molar-refractivity contribution in [3.63, 3.8) is 0 Å². The number of rotatable bonds is 5. The molecule has 0 aliphatic carbocycles. The van der Waals surface area contributed by atoms with Gasteiger partial charge in [0.05, 0.1) is 17.9 Å². The molecule has 0 aliphatic heterocycles. The highest BCUT2D eigenvalue weighted by molar-refractivity contribution is 5.85. The summed E-state index contributed by atoms with van der Waals surface area (Å²) in [6, 6.07) is 1.39. The van der Waals surface area contributed by atoms with Crippen LogP contribution in [0.5, 0.6) is 0 Å². The fourth-order valence-corrected chi connectivity index (χ4v) is 1.32. The number of carboxylic acids is 1. The highest BCUT2D eigenvalue weighted by atomic mass is 16.5. The second kappa shape index (κ2) is 5.37. The zero-order valence-corrected chi connectivity index (χ0v) is 9.75. The van der Waals surface area contributed by atoms with E-state index < -0.39 is 5.97 Å². The SMILES string of the molecule is Cc1cnc(CNCc2cc(C(=O)O)no2)cn1. The van der Waals surface area contributed by atoms with Gasteiger partial charge < -0.3 is 14.9 Å². The van der Waals surface area contributed by atoms with E-state index in [1.54, 1.807) is 12.4 Å². The Bertz CT molecular complexity index is 535. The van der Waals surface area contributed by atoms with Crippen molar-refractivity contribution in [3.8, 4) is 0 Å². The van der Waals surface area contributed by atoms with E-state index in [1.165, 1.54) is 6.07 Å². The van der Waals surface area contributed by atoms with Crippen LogP contribution in [0, 0.1) is 6.92 Å². The average Bonchev–Trinajstić information content (AvgIpc) is 2.81. The van der Waals surface area contributed by atoms with Crippen molar-refractivity contribution >= 4 is 5.97 Å². The molecule has 7 heteroatoms. The van der Waals surface area contributed by atoms with Gasteiger partial charge in [0.25, 0.3) is 0 Å². The summed E-state index contributed by atoms with van der Waals surface area (Å²) in [5, 5.41) is 15.1. The Morgan fingerprint density at radius 2 is 2.22 bits per heavy atom. The van der Waals surface area contributed by atoms with Crippen molar-refractivity contribution in [1.29, 1.82) is 0 Å². The lowest BCUT2D eigenvalue weighted by atomic mass is 10.3. The maximum atomic E-state index is 10.6. The predicted octanol–water partition coefficient (Wildman–Crippen LogP) is 0.761. The molecule has 94 valence electrons. The van der Waals surface area contributed by atoms with Crippen LogP contribution in [0.2, 0.25) is 0 Å². The fourth-order valence-electron chi connectivity index (χ4n) is 1.32. The van der Waals surface area contributed by atoms with Gasteiger partial charge in [-0.2, -0.15) is 0 Å². The maximum Gasteiger partial charge on any atom is 0.358 e. The molecule has 0 aromatic carbocycles. The summed E-state index contributed by atoms with van der Waals surface area (Å²) >= 11 is 0. The van der Waals surface area contributed by atoms with E-state index in [0.717, 1.165) is 11.4 Å². The third kappa shape index (κ3) is 3.11. The number of nitrogens with zero attached hydrogens (tertiary/aromatic N) is 3. The van der Waals surface area contributed by atoms with Gasteiger partial charge in [-0.3, -0.25) is 9.97 Å². The fraction of sp³-hybridized carbons (Fsp3) is 0.273. The topological polar surface area (TPSA) is 101 Å². The molecule has 2 aromatic heterocycles. The second-order valence-corrected chi connectivity index (χ2v) is 3.74. The second-order valence-electron chi connectivity index (χ2n) is 3.74. The zero-order chi connectivity index (χ0) is 13.0. The van der Waals surface area contributed by atoms with E-state index in [1.807, 2.05) is 6.92 Å². The Balaban J connectivity index is 1.84. The summed E-state index contributed by atoms with van der Waals surface area (Å²) in [7, 11) is 0. The van der Waals surface area contributed by atoms with Crippen molar-refractivity contribution < 1.29 is 14.4 Å². The zero-order valence-electron chi connectivity index (χ0n) is 9.75.